The molecule has 17 heavy (non-hydrogen) atoms. The van der Waals surface area contributed by atoms with Gasteiger partial charge in [-0.25, -0.2) is 4.98 Å². The number of nitrogens with one attached hydrogen (secondary N) is 1. The van der Waals surface area contributed by atoms with E-state index < -0.39 is 0 Å². The maximum Gasteiger partial charge on any atom is 0.108 e. The highest BCUT2D eigenvalue weighted by atomic mass is 16.5. The van der Waals surface area contributed by atoms with E-state index in [0.29, 0.717) is 0 Å². The summed E-state index contributed by atoms with van der Waals surface area (Å²) in [6, 6.07) is 0. The van der Waals surface area contributed by atoms with Gasteiger partial charge >= 0.3 is 0 Å². The molecule has 1 aromatic rings. The second-order valence-electron chi connectivity index (χ2n) is 4.24. The molecule has 0 atom stereocenters. The molecule has 0 saturated carbocycles. The van der Waals surface area contributed by atoms with E-state index in [9.17, 15) is 0 Å². The van der Waals surface area contributed by atoms with E-state index in [1.54, 1.807) is 7.11 Å². The molecule has 0 fully saturated rings. The van der Waals surface area contributed by atoms with E-state index in [1.807, 2.05) is 6.20 Å². The third kappa shape index (κ3) is 5.84. The van der Waals surface area contributed by atoms with Crippen molar-refractivity contribution >= 4 is 0 Å². The first-order valence-electron chi connectivity index (χ1n) is 6.58. The number of aromatic nitrogens is 2. The first-order valence-corrected chi connectivity index (χ1v) is 6.58. The molecule has 0 radical (unpaired) electrons. The molecule has 1 heterocycles. The van der Waals surface area contributed by atoms with E-state index in [1.165, 1.54) is 25.1 Å². The Kier molecular flexibility index (Phi) is 7.67. The van der Waals surface area contributed by atoms with E-state index >= 15 is 0 Å². The third-order valence-corrected chi connectivity index (χ3v) is 2.75. The number of imidazole rings is 1. The van der Waals surface area contributed by atoms with Gasteiger partial charge < -0.3 is 14.6 Å². The van der Waals surface area contributed by atoms with Crippen LogP contribution in [0.1, 0.15) is 32.0 Å². The Morgan fingerprint density at radius 3 is 3.00 bits per heavy atom. The lowest BCUT2D eigenvalue weighted by atomic mass is 10.2. The lowest BCUT2D eigenvalue weighted by molar-refractivity contribution is 0.199. The number of hydrogen-bond donors (Lipinski definition) is 1. The van der Waals surface area contributed by atoms with Crippen molar-refractivity contribution in [2.75, 3.05) is 26.8 Å². The number of aryl methyl sites for hydroxylation is 2. The van der Waals surface area contributed by atoms with Crippen LogP contribution in [0.3, 0.4) is 0 Å². The lowest BCUT2D eigenvalue weighted by Crippen LogP contribution is -2.20. The van der Waals surface area contributed by atoms with Gasteiger partial charge in [0, 0.05) is 39.0 Å². The maximum absolute atomic E-state index is 4.97. The molecule has 4 heteroatoms. The van der Waals surface area contributed by atoms with Crippen LogP contribution in [0.25, 0.3) is 0 Å². The van der Waals surface area contributed by atoms with Crippen molar-refractivity contribution in [3.05, 3.63) is 18.2 Å². The highest BCUT2D eigenvalue weighted by Crippen LogP contribution is 2.04. The fourth-order valence-corrected chi connectivity index (χ4v) is 1.85. The SMILES string of the molecule is CCCn1ccnc1CCCCNCCOC. The Balaban J connectivity index is 2.07. The Labute approximate surface area is 104 Å². The van der Waals surface area contributed by atoms with Gasteiger partial charge in [-0.3, -0.25) is 0 Å². The summed E-state index contributed by atoms with van der Waals surface area (Å²) in [5.74, 6) is 1.23. The van der Waals surface area contributed by atoms with E-state index in [-0.39, 0.29) is 0 Å². The summed E-state index contributed by atoms with van der Waals surface area (Å²) < 4.78 is 7.24. The van der Waals surface area contributed by atoms with Gasteiger partial charge in [-0.1, -0.05) is 6.92 Å². The summed E-state index contributed by atoms with van der Waals surface area (Å²) >= 11 is 0. The highest BCUT2D eigenvalue weighted by molar-refractivity contribution is 4.92. The second kappa shape index (κ2) is 9.19. The molecular weight excluding hydrogens is 214 g/mol. The number of rotatable bonds is 10. The van der Waals surface area contributed by atoms with Crippen LogP contribution in [0.2, 0.25) is 0 Å². The molecule has 0 aliphatic heterocycles. The van der Waals surface area contributed by atoms with E-state index in [2.05, 4.69) is 28.0 Å². The fraction of sp³-hybridized carbons (Fsp3) is 0.769. The second-order valence-corrected chi connectivity index (χ2v) is 4.24. The number of nitrogens with zero attached hydrogens (tertiary/aromatic N) is 2. The first-order chi connectivity index (χ1) is 8.38. The number of methoxy groups -OCH3 is 1. The van der Waals surface area contributed by atoms with Crippen LogP contribution in [0.15, 0.2) is 12.4 Å². The monoisotopic (exact) mass is 239 g/mol. The summed E-state index contributed by atoms with van der Waals surface area (Å²) in [5, 5.41) is 3.35. The fourth-order valence-electron chi connectivity index (χ4n) is 1.85. The van der Waals surface area contributed by atoms with Crippen LogP contribution in [0.4, 0.5) is 0 Å². The minimum atomic E-state index is 0.793. The van der Waals surface area contributed by atoms with Crippen LogP contribution >= 0.6 is 0 Å². The van der Waals surface area contributed by atoms with Crippen molar-refractivity contribution in [3.8, 4) is 0 Å². The molecule has 4 nitrogen and oxygen atoms in total. The molecule has 98 valence electrons. The summed E-state index contributed by atoms with van der Waals surface area (Å²) in [6.07, 6.45) is 8.63. The Morgan fingerprint density at radius 2 is 2.24 bits per heavy atom. The Bertz CT molecular complexity index is 286. The molecule has 1 aromatic heterocycles. The minimum absolute atomic E-state index is 0.793. The summed E-state index contributed by atoms with van der Waals surface area (Å²) in [5.41, 5.74) is 0. The van der Waals surface area contributed by atoms with Gasteiger partial charge in [0.05, 0.1) is 6.61 Å². The lowest BCUT2D eigenvalue weighted by Gasteiger charge is -2.06. The Hall–Kier alpha value is -0.870. The summed E-state index contributed by atoms with van der Waals surface area (Å²) in [6.45, 7) is 6.09. The predicted octanol–water partition coefficient (Wildman–Crippen LogP) is 1.85. The largest absolute Gasteiger partial charge is 0.383 e. The van der Waals surface area contributed by atoms with Gasteiger partial charge in [0.25, 0.3) is 0 Å². The predicted molar refractivity (Wildman–Crippen MR) is 70.2 cm³/mol. The topological polar surface area (TPSA) is 39.1 Å². The van der Waals surface area contributed by atoms with E-state index in [0.717, 1.165) is 32.7 Å². The zero-order valence-corrected chi connectivity index (χ0v) is 11.1. The maximum atomic E-state index is 4.97. The van der Waals surface area contributed by atoms with Crippen LogP contribution in [0.5, 0.6) is 0 Å². The zero-order chi connectivity index (χ0) is 12.3. The van der Waals surface area contributed by atoms with Crippen LogP contribution in [-0.2, 0) is 17.7 Å². The van der Waals surface area contributed by atoms with Gasteiger partial charge in [0.15, 0.2) is 0 Å². The average Bonchev–Trinajstić information content (AvgIpc) is 2.76. The van der Waals surface area contributed by atoms with Crippen LogP contribution < -0.4 is 5.32 Å². The Morgan fingerprint density at radius 1 is 1.35 bits per heavy atom. The third-order valence-electron chi connectivity index (χ3n) is 2.75. The molecule has 1 rings (SSSR count). The number of unbranched alkanes of at least 4 members (excludes halogenated alkanes) is 1. The molecule has 0 unspecified atom stereocenters. The minimum Gasteiger partial charge on any atom is -0.383 e. The summed E-state index contributed by atoms with van der Waals surface area (Å²) in [7, 11) is 1.73. The molecule has 0 bridgehead atoms. The standard InChI is InChI=1S/C13H25N3O/c1-3-10-16-11-8-15-13(16)6-4-5-7-14-9-12-17-2/h8,11,14H,3-7,9-10,12H2,1-2H3. The van der Waals surface area contributed by atoms with Crippen molar-refractivity contribution in [2.24, 2.45) is 0 Å². The van der Waals surface area contributed by atoms with Gasteiger partial charge in [-0.05, 0) is 25.8 Å². The molecule has 0 aliphatic carbocycles. The molecule has 0 saturated heterocycles. The molecule has 0 spiro atoms. The van der Waals surface area contributed by atoms with E-state index in [4.69, 9.17) is 4.74 Å². The van der Waals surface area contributed by atoms with Crippen molar-refractivity contribution in [3.63, 3.8) is 0 Å². The van der Waals surface area contributed by atoms with Gasteiger partial charge in [-0.15, -0.1) is 0 Å². The first kappa shape index (κ1) is 14.2. The molecule has 0 aliphatic rings. The average molecular weight is 239 g/mol. The molecular formula is C13H25N3O. The molecule has 1 N–H and O–H groups in total. The van der Waals surface area contributed by atoms with Crippen molar-refractivity contribution in [1.29, 1.82) is 0 Å². The van der Waals surface area contributed by atoms with Gasteiger partial charge in [-0.2, -0.15) is 0 Å². The van der Waals surface area contributed by atoms with Crippen LogP contribution in [0, 0.1) is 0 Å². The quantitative estimate of drug-likeness (QED) is 0.633. The summed E-state index contributed by atoms with van der Waals surface area (Å²) in [4.78, 5) is 4.40. The number of ether oxygens (including phenoxy) is 1. The van der Waals surface area contributed by atoms with Crippen molar-refractivity contribution in [1.82, 2.24) is 14.9 Å². The normalized spacial score (nSPS) is 10.9. The number of hydrogen-bond acceptors (Lipinski definition) is 3. The van der Waals surface area contributed by atoms with Crippen molar-refractivity contribution < 1.29 is 4.74 Å². The smallest absolute Gasteiger partial charge is 0.108 e. The van der Waals surface area contributed by atoms with Crippen molar-refractivity contribution in [2.45, 2.75) is 39.2 Å². The van der Waals surface area contributed by atoms with Crippen LogP contribution in [-0.4, -0.2) is 36.4 Å². The molecule has 0 amide bonds. The van der Waals surface area contributed by atoms with Gasteiger partial charge in [0.2, 0.25) is 0 Å². The zero-order valence-electron chi connectivity index (χ0n) is 11.1. The highest BCUT2D eigenvalue weighted by Gasteiger charge is 2.01. The molecule has 0 aromatic carbocycles. The van der Waals surface area contributed by atoms with Gasteiger partial charge in [0.1, 0.15) is 5.82 Å².